The number of anilines is 1. The number of likely N-dealkylation sites (tertiary alicyclic amines) is 1. The average Bonchev–Trinajstić information content (AvgIpc) is 3.80. The van der Waals surface area contributed by atoms with Gasteiger partial charge in [0.25, 0.3) is 0 Å². The Morgan fingerprint density at radius 3 is 2.47 bits per heavy atom. The van der Waals surface area contributed by atoms with Gasteiger partial charge in [-0.15, -0.1) is 0 Å². The van der Waals surface area contributed by atoms with Crippen LogP contribution >= 0.6 is 0 Å². The fourth-order valence-electron chi connectivity index (χ4n) is 5.88. The van der Waals surface area contributed by atoms with Crippen LogP contribution in [0.1, 0.15) is 66.7 Å². The zero-order valence-electron chi connectivity index (χ0n) is 21.1. The van der Waals surface area contributed by atoms with Crippen molar-refractivity contribution in [1.29, 1.82) is 0 Å². The molecule has 7 nitrogen and oxygen atoms in total. The third-order valence-electron chi connectivity index (χ3n) is 8.29. The summed E-state index contributed by atoms with van der Waals surface area (Å²) in [6.45, 7) is 3.02. The second-order valence-corrected chi connectivity index (χ2v) is 10.9. The van der Waals surface area contributed by atoms with E-state index in [-0.39, 0.29) is 42.4 Å². The highest BCUT2D eigenvalue weighted by Gasteiger charge is 2.59. The second kappa shape index (κ2) is 8.91. The number of nitrogens with zero attached hydrogens (tertiary/aromatic N) is 4. The van der Waals surface area contributed by atoms with Gasteiger partial charge in [-0.05, 0) is 51.5 Å². The van der Waals surface area contributed by atoms with E-state index in [2.05, 4.69) is 15.3 Å². The molecule has 0 radical (unpaired) electrons. The molecule has 1 spiro atoms. The molecule has 1 saturated heterocycles. The number of hydrogen-bond acceptors (Lipinski definition) is 5. The van der Waals surface area contributed by atoms with Crippen molar-refractivity contribution < 1.29 is 27.2 Å². The molecule has 2 saturated carbocycles. The molecule has 6 rings (SSSR count). The molecule has 4 aliphatic rings. The van der Waals surface area contributed by atoms with E-state index >= 15 is 0 Å². The Hall–Kier alpha value is -3.24. The number of aryl methyl sites for hydroxylation is 1. The Morgan fingerprint density at radius 2 is 1.84 bits per heavy atom. The summed E-state index contributed by atoms with van der Waals surface area (Å²) in [5.41, 5.74) is -0.739. The quantitative estimate of drug-likeness (QED) is 0.582. The van der Waals surface area contributed by atoms with Gasteiger partial charge in [-0.25, -0.2) is 14.4 Å². The molecule has 2 aliphatic heterocycles. The first-order chi connectivity index (χ1) is 18.1. The van der Waals surface area contributed by atoms with Crippen molar-refractivity contribution in [3.8, 4) is 0 Å². The minimum absolute atomic E-state index is 0.0218. The zero-order valence-corrected chi connectivity index (χ0v) is 21.1. The number of rotatable bonds is 5. The average molecular weight is 532 g/mol. The number of amides is 2. The Balaban J connectivity index is 1.25. The number of carbonyl (C=O) groups is 2. The molecule has 2 aliphatic carbocycles. The zero-order chi connectivity index (χ0) is 26.8. The van der Waals surface area contributed by atoms with Gasteiger partial charge in [0.1, 0.15) is 17.5 Å². The molecular formula is C27H29F4N5O2. The number of hydrogen-bond donors (Lipinski definition) is 1. The van der Waals surface area contributed by atoms with Crippen LogP contribution in [0.15, 0.2) is 18.2 Å². The van der Waals surface area contributed by atoms with Crippen LogP contribution in [0.4, 0.5) is 23.4 Å². The summed E-state index contributed by atoms with van der Waals surface area (Å²) in [7, 11) is 0. The molecule has 11 heteroatoms. The summed E-state index contributed by atoms with van der Waals surface area (Å²) in [5.74, 6) is -0.0280. The summed E-state index contributed by atoms with van der Waals surface area (Å²) in [4.78, 5) is 39.1. The molecule has 38 heavy (non-hydrogen) atoms. The first kappa shape index (κ1) is 25.1. The molecule has 2 amide bonds. The molecule has 1 N–H and O–H groups in total. The SMILES string of the molecule is Cc1nc(NCc2cccc(C(F)(F)F)c2F)c2c(n1)C1(CC1)C(=O)N(C1CCN(C(=O)C3CC3)CC1)C2. The normalized spacial score (nSPS) is 21.0. The van der Waals surface area contributed by atoms with Crippen LogP contribution in [0.25, 0.3) is 0 Å². The predicted octanol–water partition coefficient (Wildman–Crippen LogP) is 4.33. The standard InChI is InChI=1S/C27H29F4N5O2/c1-15-33-22-19(23(34-15)32-13-17-3-2-4-20(21(17)28)27(29,30)31)14-36(25(38)26(22)9-10-26)18-7-11-35(12-8-18)24(37)16-5-6-16/h2-4,16,18H,5-14H2,1H3,(H,32,33,34). The van der Waals surface area contributed by atoms with Gasteiger partial charge in [0.05, 0.1) is 23.2 Å². The molecule has 202 valence electrons. The smallest absolute Gasteiger partial charge is 0.365 e. The van der Waals surface area contributed by atoms with Crippen molar-refractivity contribution in [3.63, 3.8) is 0 Å². The van der Waals surface area contributed by atoms with Crippen molar-refractivity contribution in [2.45, 2.75) is 76.2 Å². The Labute approximate surface area is 217 Å². The molecule has 0 unspecified atom stereocenters. The molecule has 1 aromatic carbocycles. The second-order valence-electron chi connectivity index (χ2n) is 10.9. The highest BCUT2D eigenvalue weighted by molar-refractivity contribution is 5.93. The third-order valence-corrected chi connectivity index (χ3v) is 8.29. The van der Waals surface area contributed by atoms with Crippen molar-refractivity contribution >= 4 is 17.6 Å². The van der Waals surface area contributed by atoms with Gasteiger partial charge in [0, 0.05) is 42.7 Å². The Kier molecular flexibility index (Phi) is 5.88. The van der Waals surface area contributed by atoms with E-state index in [1.165, 1.54) is 12.1 Å². The topological polar surface area (TPSA) is 78.4 Å². The first-order valence-corrected chi connectivity index (χ1v) is 13.1. The van der Waals surface area contributed by atoms with Gasteiger partial charge < -0.3 is 15.1 Å². The fourth-order valence-corrected chi connectivity index (χ4v) is 5.88. The van der Waals surface area contributed by atoms with Crippen molar-refractivity contribution in [1.82, 2.24) is 19.8 Å². The van der Waals surface area contributed by atoms with Gasteiger partial charge >= 0.3 is 6.18 Å². The van der Waals surface area contributed by atoms with Crippen LogP contribution in [0.3, 0.4) is 0 Å². The Bertz CT molecular complexity index is 1300. The number of aromatic nitrogens is 2. The van der Waals surface area contributed by atoms with Crippen molar-refractivity contribution in [3.05, 3.63) is 52.2 Å². The van der Waals surface area contributed by atoms with E-state index in [0.29, 0.717) is 56.1 Å². The van der Waals surface area contributed by atoms with Gasteiger partial charge in [-0.1, -0.05) is 12.1 Å². The molecule has 3 fully saturated rings. The molecule has 1 aromatic heterocycles. The number of halogens is 4. The van der Waals surface area contributed by atoms with E-state index in [1.54, 1.807) is 6.92 Å². The van der Waals surface area contributed by atoms with E-state index in [9.17, 15) is 27.2 Å². The maximum absolute atomic E-state index is 14.6. The van der Waals surface area contributed by atoms with Crippen LogP contribution in [-0.2, 0) is 34.3 Å². The summed E-state index contributed by atoms with van der Waals surface area (Å²) in [5, 5.41) is 3.05. The highest BCUT2D eigenvalue weighted by atomic mass is 19.4. The van der Waals surface area contributed by atoms with E-state index in [1.807, 2.05) is 9.80 Å². The maximum atomic E-state index is 14.6. The lowest BCUT2D eigenvalue weighted by molar-refractivity contribution is -0.141. The maximum Gasteiger partial charge on any atom is 0.419 e. The lowest BCUT2D eigenvalue weighted by Crippen LogP contribution is -2.53. The molecule has 3 heterocycles. The summed E-state index contributed by atoms with van der Waals surface area (Å²) >= 11 is 0. The highest BCUT2D eigenvalue weighted by Crippen LogP contribution is 2.54. The van der Waals surface area contributed by atoms with Gasteiger partial charge in [-0.3, -0.25) is 9.59 Å². The summed E-state index contributed by atoms with van der Waals surface area (Å²) in [6, 6.07) is 3.20. The van der Waals surface area contributed by atoms with Crippen LogP contribution in [-0.4, -0.2) is 50.7 Å². The Morgan fingerprint density at radius 1 is 1.13 bits per heavy atom. The van der Waals surface area contributed by atoms with E-state index in [4.69, 9.17) is 0 Å². The fraction of sp³-hybridized carbons (Fsp3) is 0.556. The molecular weight excluding hydrogens is 502 g/mol. The van der Waals surface area contributed by atoms with Crippen LogP contribution in [0, 0.1) is 18.7 Å². The number of nitrogens with one attached hydrogen (secondary N) is 1. The minimum atomic E-state index is -4.79. The lowest BCUT2D eigenvalue weighted by atomic mass is 9.88. The third kappa shape index (κ3) is 4.29. The van der Waals surface area contributed by atoms with E-state index < -0.39 is 23.0 Å². The summed E-state index contributed by atoms with van der Waals surface area (Å²) in [6.07, 6.45) is -0.132. The minimum Gasteiger partial charge on any atom is -0.365 e. The number of fused-ring (bicyclic) bond motifs is 2. The molecule has 0 atom stereocenters. The van der Waals surface area contributed by atoms with Crippen molar-refractivity contribution in [2.24, 2.45) is 5.92 Å². The molecule has 0 bridgehead atoms. The number of benzene rings is 1. The number of piperidine rings is 1. The van der Waals surface area contributed by atoms with E-state index in [0.717, 1.165) is 24.5 Å². The van der Waals surface area contributed by atoms with Crippen LogP contribution < -0.4 is 5.32 Å². The van der Waals surface area contributed by atoms with Crippen molar-refractivity contribution in [2.75, 3.05) is 18.4 Å². The first-order valence-electron chi connectivity index (χ1n) is 13.1. The lowest BCUT2D eigenvalue weighted by Gasteiger charge is -2.43. The monoisotopic (exact) mass is 531 g/mol. The summed E-state index contributed by atoms with van der Waals surface area (Å²) < 4.78 is 54.2. The largest absolute Gasteiger partial charge is 0.419 e. The predicted molar refractivity (Wildman–Crippen MR) is 129 cm³/mol. The molecule has 2 aromatic rings. The number of carbonyl (C=O) groups excluding carboxylic acids is 2. The number of alkyl halides is 3. The van der Waals surface area contributed by atoms with Gasteiger partial charge in [0.2, 0.25) is 11.8 Å². The van der Waals surface area contributed by atoms with Gasteiger partial charge in [0.15, 0.2) is 0 Å². The van der Waals surface area contributed by atoms with Crippen LogP contribution in [0.2, 0.25) is 0 Å². The van der Waals surface area contributed by atoms with Gasteiger partial charge in [-0.2, -0.15) is 13.2 Å². The van der Waals surface area contributed by atoms with Crippen LogP contribution in [0.5, 0.6) is 0 Å².